The molecule has 0 bridgehead atoms. The summed E-state index contributed by atoms with van der Waals surface area (Å²) in [6.45, 7) is 6.64. The van der Waals surface area contributed by atoms with Crippen molar-refractivity contribution in [3.8, 4) is 0 Å². The van der Waals surface area contributed by atoms with Gasteiger partial charge >= 0.3 is 0 Å². The second-order valence-corrected chi connectivity index (χ2v) is 4.23. The van der Waals surface area contributed by atoms with Crippen LogP contribution in [-0.2, 0) is 6.42 Å². The Labute approximate surface area is 88.4 Å². The van der Waals surface area contributed by atoms with Crippen LogP contribution < -0.4 is 0 Å². The molecule has 78 valence electrons. The van der Waals surface area contributed by atoms with Crippen molar-refractivity contribution in [2.45, 2.75) is 52.9 Å². The van der Waals surface area contributed by atoms with Crippen LogP contribution in [0.4, 0.5) is 0 Å². The van der Waals surface area contributed by atoms with Gasteiger partial charge in [-0.25, -0.2) is 0 Å². The van der Waals surface area contributed by atoms with E-state index in [1.807, 2.05) is 0 Å². The van der Waals surface area contributed by atoms with E-state index in [0.29, 0.717) is 0 Å². The fraction of sp³-hybridized carbons (Fsp3) is 0.571. The van der Waals surface area contributed by atoms with Crippen LogP contribution in [0.1, 0.15) is 49.3 Å². The van der Waals surface area contributed by atoms with Crippen molar-refractivity contribution >= 4 is 0 Å². The number of unbranched alkanes of at least 4 members (excludes halogenated alkanes) is 3. The molecule has 0 fully saturated rings. The predicted octanol–water partition coefficient (Wildman–Crippen LogP) is 4.43. The molecule has 14 heavy (non-hydrogen) atoms. The molecule has 0 aromatic heterocycles. The molecular weight excluding hydrogens is 168 g/mol. The lowest BCUT2D eigenvalue weighted by Crippen LogP contribution is -1.88. The van der Waals surface area contributed by atoms with E-state index < -0.39 is 0 Å². The third kappa shape index (κ3) is 3.53. The van der Waals surface area contributed by atoms with Crippen LogP contribution in [0.5, 0.6) is 0 Å². The third-order valence-electron chi connectivity index (χ3n) is 2.89. The zero-order chi connectivity index (χ0) is 10.4. The Hall–Kier alpha value is -0.780. The van der Waals surface area contributed by atoms with Gasteiger partial charge in [-0.3, -0.25) is 0 Å². The Morgan fingerprint density at radius 3 is 2.36 bits per heavy atom. The average molecular weight is 190 g/mol. The van der Waals surface area contributed by atoms with E-state index in [4.69, 9.17) is 0 Å². The highest BCUT2D eigenvalue weighted by atomic mass is 14.0. The molecule has 0 N–H and O–H groups in total. The number of rotatable bonds is 5. The number of aryl methyl sites for hydroxylation is 3. The van der Waals surface area contributed by atoms with E-state index >= 15 is 0 Å². The summed E-state index contributed by atoms with van der Waals surface area (Å²) in [5.41, 5.74) is 4.34. The molecular formula is C14H22. The normalized spacial score (nSPS) is 10.5. The van der Waals surface area contributed by atoms with Gasteiger partial charge in [0.25, 0.3) is 0 Å². The fourth-order valence-corrected chi connectivity index (χ4v) is 1.71. The summed E-state index contributed by atoms with van der Waals surface area (Å²) >= 11 is 0. The fourth-order valence-electron chi connectivity index (χ4n) is 1.71. The van der Waals surface area contributed by atoms with Gasteiger partial charge in [0.05, 0.1) is 0 Å². The highest BCUT2D eigenvalue weighted by Gasteiger charge is 1.96. The van der Waals surface area contributed by atoms with Gasteiger partial charge in [0.1, 0.15) is 0 Å². The maximum atomic E-state index is 2.33. The zero-order valence-corrected chi connectivity index (χ0v) is 9.77. The van der Waals surface area contributed by atoms with Crippen LogP contribution in [0.3, 0.4) is 0 Å². The first-order chi connectivity index (χ1) is 6.74. The Balaban J connectivity index is 2.39. The largest absolute Gasteiger partial charge is 0.0654 e. The Kier molecular flexibility index (Phi) is 4.72. The van der Waals surface area contributed by atoms with Crippen LogP contribution in [0.2, 0.25) is 0 Å². The summed E-state index contributed by atoms with van der Waals surface area (Å²) in [5, 5.41) is 0. The summed E-state index contributed by atoms with van der Waals surface area (Å²) in [6.07, 6.45) is 6.68. The molecule has 0 nitrogen and oxygen atoms in total. The van der Waals surface area contributed by atoms with Crippen molar-refractivity contribution in [2.75, 3.05) is 0 Å². The molecule has 0 heterocycles. The van der Waals surface area contributed by atoms with Gasteiger partial charge < -0.3 is 0 Å². The molecule has 0 aliphatic carbocycles. The first kappa shape index (κ1) is 11.3. The highest BCUT2D eigenvalue weighted by Crippen LogP contribution is 2.12. The van der Waals surface area contributed by atoms with E-state index in [-0.39, 0.29) is 0 Å². The SMILES string of the molecule is CCCCCCc1ccc(C)c(C)c1. The van der Waals surface area contributed by atoms with Gasteiger partial charge in [-0.1, -0.05) is 44.4 Å². The number of hydrogen-bond acceptors (Lipinski definition) is 0. The molecule has 1 aromatic rings. The second-order valence-electron chi connectivity index (χ2n) is 4.23. The molecule has 1 aromatic carbocycles. The minimum atomic E-state index is 1.25. The quantitative estimate of drug-likeness (QED) is 0.603. The van der Waals surface area contributed by atoms with Crippen molar-refractivity contribution in [2.24, 2.45) is 0 Å². The monoisotopic (exact) mass is 190 g/mol. The Bertz CT molecular complexity index is 273. The first-order valence-electron chi connectivity index (χ1n) is 5.80. The summed E-state index contributed by atoms with van der Waals surface area (Å²) in [5.74, 6) is 0. The van der Waals surface area contributed by atoms with Gasteiger partial charge in [-0.2, -0.15) is 0 Å². The van der Waals surface area contributed by atoms with Gasteiger partial charge in [0.2, 0.25) is 0 Å². The average Bonchev–Trinajstić information content (AvgIpc) is 2.18. The van der Waals surface area contributed by atoms with E-state index in [0.717, 1.165) is 0 Å². The molecule has 0 spiro atoms. The molecule has 0 aliphatic heterocycles. The standard InChI is InChI=1S/C14H22/c1-4-5-6-7-8-14-10-9-12(2)13(3)11-14/h9-11H,4-8H2,1-3H3. The Morgan fingerprint density at radius 2 is 1.71 bits per heavy atom. The topological polar surface area (TPSA) is 0 Å². The van der Waals surface area contributed by atoms with E-state index in [1.165, 1.54) is 48.8 Å². The lowest BCUT2D eigenvalue weighted by Gasteiger charge is -2.04. The van der Waals surface area contributed by atoms with Gasteiger partial charge in [-0.05, 0) is 43.4 Å². The molecule has 1 rings (SSSR count). The van der Waals surface area contributed by atoms with Crippen LogP contribution in [0, 0.1) is 13.8 Å². The predicted molar refractivity (Wildman–Crippen MR) is 63.8 cm³/mol. The minimum absolute atomic E-state index is 1.25. The summed E-state index contributed by atoms with van der Waals surface area (Å²) in [7, 11) is 0. The molecule has 0 saturated carbocycles. The molecule has 0 saturated heterocycles. The van der Waals surface area contributed by atoms with Crippen molar-refractivity contribution in [1.82, 2.24) is 0 Å². The van der Waals surface area contributed by atoms with Crippen molar-refractivity contribution in [3.05, 3.63) is 34.9 Å². The summed E-state index contributed by atoms with van der Waals surface area (Å²) in [4.78, 5) is 0. The van der Waals surface area contributed by atoms with Crippen molar-refractivity contribution < 1.29 is 0 Å². The van der Waals surface area contributed by atoms with E-state index in [2.05, 4.69) is 39.0 Å². The van der Waals surface area contributed by atoms with Crippen LogP contribution in [0.15, 0.2) is 18.2 Å². The van der Waals surface area contributed by atoms with E-state index in [1.54, 1.807) is 0 Å². The van der Waals surface area contributed by atoms with Crippen molar-refractivity contribution in [3.63, 3.8) is 0 Å². The van der Waals surface area contributed by atoms with Crippen LogP contribution >= 0.6 is 0 Å². The van der Waals surface area contributed by atoms with Gasteiger partial charge in [0.15, 0.2) is 0 Å². The molecule has 0 atom stereocenters. The maximum absolute atomic E-state index is 2.33. The Morgan fingerprint density at radius 1 is 0.929 bits per heavy atom. The molecule has 0 heteroatoms. The number of hydrogen-bond donors (Lipinski definition) is 0. The molecule has 0 radical (unpaired) electrons. The van der Waals surface area contributed by atoms with E-state index in [9.17, 15) is 0 Å². The van der Waals surface area contributed by atoms with Crippen molar-refractivity contribution in [1.29, 1.82) is 0 Å². The summed E-state index contributed by atoms with van der Waals surface area (Å²) < 4.78 is 0. The zero-order valence-electron chi connectivity index (χ0n) is 9.77. The molecule has 0 amide bonds. The van der Waals surface area contributed by atoms with Gasteiger partial charge in [0, 0.05) is 0 Å². The minimum Gasteiger partial charge on any atom is -0.0654 e. The highest BCUT2D eigenvalue weighted by molar-refractivity contribution is 5.29. The molecule has 0 unspecified atom stereocenters. The molecule has 0 aliphatic rings. The smallest absolute Gasteiger partial charge is 0.0279 e. The first-order valence-corrected chi connectivity index (χ1v) is 5.80. The van der Waals surface area contributed by atoms with Crippen LogP contribution in [0.25, 0.3) is 0 Å². The maximum Gasteiger partial charge on any atom is -0.0279 e. The second kappa shape index (κ2) is 5.85. The lowest BCUT2D eigenvalue weighted by atomic mass is 10.0. The number of benzene rings is 1. The van der Waals surface area contributed by atoms with Crippen LogP contribution in [-0.4, -0.2) is 0 Å². The lowest BCUT2D eigenvalue weighted by molar-refractivity contribution is 0.666. The summed E-state index contributed by atoms with van der Waals surface area (Å²) in [6, 6.07) is 6.85. The van der Waals surface area contributed by atoms with Gasteiger partial charge in [-0.15, -0.1) is 0 Å². The third-order valence-corrected chi connectivity index (χ3v) is 2.89.